The van der Waals surface area contributed by atoms with Crippen LogP contribution in [0.2, 0.25) is 5.02 Å². The third-order valence-electron chi connectivity index (χ3n) is 5.09. The number of nitrogens with zero attached hydrogens (tertiary/aromatic N) is 4. The van der Waals surface area contributed by atoms with Crippen LogP contribution in [0.15, 0.2) is 47.5 Å². The first-order valence-corrected chi connectivity index (χ1v) is 9.32. The molecule has 0 saturated heterocycles. The fourth-order valence-electron chi connectivity index (χ4n) is 3.39. The van der Waals surface area contributed by atoms with Gasteiger partial charge < -0.3 is 0 Å². The highest BCUT2D eigenvalue weighted by atomic mass is 35.5. The molecule has 1 unspecified atom stereocenters. The van der Waals surface area contributed by atoms with E-state index in [1.807, 2.05) is 31.2 Å². The lowest BCUT2D eigenvalue weighted by molar-refractivity contribution is 0.733. The topological polar surface area (TPSA) is 43.1 Å². The van der Waals surface area contributed by atoms with Gasteiger partial charge in [-0.25, -0.2) is 0 Å². The molecule has 4 rings (SSSR count). The van der Waals surface area contributed by atoms with E-state index in [-0.39, 0.29) is 0 Å². The van der Waals surface area contributed by atoms with Gasteiger partial charge in [-0.15, -0.1) is 10.2 Å². The molecule has 0 bridgehead atoms. The van der Waals surface area contributed by atoms with E-state index in [9.17, 15) is 0 Å². The number of aromatic nitrogens is 3. The Kier molecular flexibility index (Phi) is 4.37. The van der Waals surface area contributed by atoms with E-state index < -0.39 is 0 Å². The first-order chi connectivity index (χ1) is 12.6. The van der Waals surface area contributed by atoms with E-state index in [0.717, 1.165) is 45.6 Å². The summed E-state index contributed by atoms with van der Waals surface area (Å²) in [4.78, 5) is 4.90. The van der Waals surface area contributed by atoms with Gasteiger partial charge in [0.15, 0.2) is 5.82 Å². The standard InChI is InChI=1S/C21H21ClN4/c1-4-13(2)16-7-10-19-18(11-16)21(15-5-8-17(22)9-6-15)23-12-20-25-24-14(3)26(19)20/h5-11,13H,4,12H2,1-3H3. The zero-order chi connectivity index (χ0) is 18.3. The molecule has 0 aliphatic carbocycles. The Morgan fingerprint density at radius 2 is 1.88 bits per heavy atom. The Morgan fingerprint density at radius 1 is 1.12 bits per heavy atom. The number of fused-ring (bicyclic) bond motifs is 3. The lowest BCUT2D eigenvalue weighted by Crippen LogP contribution is -2.09. The highest BCUT2D eigenvalue weighted by Crippen LogP contribution is 2.30. The summed E-state index contributed by atoms with van der Waals surface area (Å²) in [5, 5.41) is 9.29. The van der Waals surface area contributed by atoms with Crippen LogP contribution in [0.4, 0.5) is 0 Å². The van der Waals surface area contributed by atoms with Gasteiger partial charge >= 0.3 is 0 Å². The smallest absolute Gasteiger partial charge is 0.159 e. The first kappa shape index (κ1) is 17.0. The quantitative estimate of drug-likeness (QED) is 0.649. The Balaban J connectivity index is 1.95. The van der Waals surface area contributed by atoms with Crippen LogP contribution in [-0.4, -0.2) is 20.5 Å². The normalized spacial score (nSPS) is 14.2. The lowest BCUT2D eigenvalue weighted by Gasteiger charge is -2.17. The van der Waals surface area contributed by atoms with Gasteiger partial charge in [0.2, 0.25) is 0 Å². The first-order valence-electron chi connectivity index (χ1n) is 8.94. The minimum atomic E-state index is 0.497. The molecular weight excluding hydrogens is 344 g/mol. The lowest BCUT2D eigenvalue weighted by atomic mass is 9.92. The molecule has 26 heavy (non-hydrogen) atoms. The average Bonchev–Trinajstić information content (AvgIpc) is 2.94. The van der Waals surface area contributed by atoms with Crippen molar-refractivity contribution in [1.29, 1.82) is 0 Å². The van der Waals surface area contributed by atoms with Crippen molar-refractivity contribution in [2.24, 2.45) is 4.99 Å². The number of rotatable bonds is 3. The van der Waals surface area contributed by atoms with Crippen LogP contribution in [0.5, 0.6) is 0 Å². The van der Waals surface area contributed by atoms with E-state index in [2.05, 4.69) is 46.8 Å². The molecule has 1 aliphatic rings. The van der Waals surface area contributed by atoms with Crippen molar-refractivity contribution in [2.45, 2.75) is 39.7 Å². The number of aryl methyl sites for hydroxylation is 1. The molecule has 3 aromatic rings. The number of hydrogen-bond donors (Lipinski definition) is 0. The monoisotopic (exact) mass is 364 g/mol. The van der Waals surface area contributed by atoms with E-state index in [1.54, 1.807) is 0 Å². The molecule has 1 aromatic heterocycles. The van der Waals surface area contributed by atoms with E-state index in [4.69, 9.17) is 16.6 Å². The van der Waals surface area contributed by atoms with Gasteiger partial charge in [0, 0.05) is 16.1 Å². The van der Waals surface area contributed by atoms with Crippen LogP contribution < -0.4 is 0 Å². The Bertz CT molecular complexity index is 986. The number of aliphatic imine (C=N–C) groups is 1. The molecule has 2 heterocycles. The largest absolute Gasteiger partial charge is 0.281 e. The van der Waals surface area contributed by atoms with Gasteiger partial charge in [-0.3, -0.25) is 9.56 Å². The van der Waals surface area contributed by atoms with Crippen molar-refractivity contribution < 1.29 is 0 Å². The maximum absolute atomic E-state index is 6.08. The van der Waals surface area contributed by atoms with Gasteiger partial charge in [0.05, 0.1) is 11.4 Å². The predicted molar refractivity (Wildman–Crippen MR) is 106 cm³/mol. The summed E-state index contributed by atoms with van der Waals surface area (Å²) in [5.41, 5.74) is 5.56. The minimum Gasteiger partial charge on any atom is -0.281 e. The van der Waals surface area contributed by atoms with Crippen molar-refractivity contribution in [1.82, 2.24) is 14.8 Å². The predicted octanol–water partition coefficient (Wildman–Crippen LogP) is 5.09. The molecule has 2 aromatic carbocycles. The summed E-state index contributed by atoms with van der Waals surface area (Å²) in [6, 6.07) is 14.5. The van der Waals surface area contributed by atoms with Crippen molar-refractivity contribution in [3.05, 3.63) is 75.8 Å². The summed E-state index contributed by atoms with van der Waals surface area (Å²) in [7, 11) is 0. The minimum absolute atomic E-state index is 0.497. The van der Waals surface area contributed by atoms with Crippen molar-refractivity contribution >= 4 is 17.3 Å². The van der Waals surface area contributed by atoms with Crippen LogP contribution >= 0.6 is 11.6 Å². The molecule has 0 spiro atoms. The second-order valence-electron chi connectivity index (χ2n) is 6.76. The molecule has 0 fully saturated rings. The second-order valence-corrected chi connectivity index (χ2v) is 7.19. The van der Waals surface area contributed by atoms with Crippen molar-refractivity contribution in [3.63, 3.8) is 0 Å². The third kappa shape index (κ3) is 2.84. The number of hydrogen-bond acceptors (Lipinski definition) is 3. The zero-order valence-electron chi connectivity index (χ0n) is 15.2. The van der Waals surface area contributed by atoms with Crippen LogP contribution in [0.25, 0.3) is 5.69 Å². The van der Waals surface area contributed by atoms with Crippen LogP contribution in [-0.2, 0) is 6.54 Å². The SMILES string of the molecule is CCC(C)c1ccc2c(c1)C(c1ccc(Cl)cc1)=NCc1nnc(C)n1-2. The van der Waals surface area contributed by atoms with Crippen molar-refractivity contribution in [3.8, 4) is 5.69 Å². The Labute approximate surface area is 158 Å². The Hall–Kier alpha value is -2.46. The molecule has 1 aliphatic heterocycles. The molecule has 0 amide bonds. The number of halogens is 1. The summed E-state index contributed by atoms with van der Waals surface area (Å²) in [5.74, 6) is 2.24. The van der Waals surface area contributed by atoms with E-state index >= 15 is 0 Å². The highest BCUT2D eigenvalue weighted by Gasteiger charge is 2.22. The maximum Gasteiger partial charge on any atom is 0.159 e. The summed E-state index contributed by atoms with van der Waals surface area (Å²) >= 11 is 6.08. The summed E-state index contributed by atoms with van der Waals surface area (Å²) in [6.07, 6.45) is 1.10. The van der Waals surface area contributed by atoms with Crippen LogP contribution in [0.3, 0.4) is 0 Å². The summed E-state index contributed by atoms with van der Waals surface area (Å²) < 4.78 is 2.11. The summed E-state index contributed by atoms with van der Waals surface area (Å²) in [6.45, 7) is 6.96. The molecule has 132 valence electrons. The van der Waals surface area contributed by atoms with Gasteiger partial charge in [0.1, 0.15) is 12.4 Å². The van der Waals surface area contributed by atoms with Gasteiger partial charge in [0.25, 0.3) is 0 Å². The molecule has 0 radical (unpaired) electrons. The van der Waals surface area contributed by atoms with E-state index in [0.29, 0.717) is 12.5 Å². The molecular formula is C21H21ClN4. The third-order valence-corrected chi connectivity index (χ3v) is 5.34. The molecule has 1 atom stereocenters. The van der Waals surface area contributed by atoms with Gasteiger partial charge in [-0.05, 0) is 49.1 Å². The molecule has 5 heteroatoms. The fourth-order valence-corrected chi connectivity index (χ4v) is 3.52. The fraction of sp³-hybridized carbons (Fsp3) is 0.286. The second kappa shape index (κ2) is 6.69. The van der Waals surface area contributed by atoms with Gasteiger partial charge in [-0.1, -0.05) is 43.6 Å². The number of benzene rings is 2. The molecule has 4 nitrogen and oxygen atoms in total. The Morgan fingerprint density at radius 3 is 2.62 bits per heavy atom. The van der Waals surface area contributed by atoms with Crippen LogP contribution in [0, 0.1) is 6.92 Å². The highest BCUT2D eigenvalue weighted by molar-refractivity contribution is 6.30. The average molecular weight is 365 g/mol. The maximum atomic E-state index is 6.08. The molecule has 0 saturated carbocycles. The van der Waals surface area contributed by atoms with Crippen molar-refractivity contribution in [2.75, 3.05) is 0 Å². The zero-order valence-corrected chi connectivity index (χ0v) is 16.0. The van der Waals surface area contributed by atoms with Gasteiger partial charge in [-0.2, -0.15) is 0 Å². The molecule has 0 N–H and O–H groups in total. The van der Waals surface area contributed by atoms with E-state index in [1.165, 1.54) is 5.56 Å². The van der Waals surface area contributed by atoms with Crippen LogP contribution in [0.1, 0.15) is 54.5 Å².